The third-order valence-corrected chi connectivity index (χ3v) is 6.07. The van der Waals surface area contributed by atoms with E-state index in [2.05, 4.69) is 10.2 Å². The molecule has 0 aromatic heterocycles. The fourth-order valence-corrected chi connectivity index (χ4v) is 4.04. The molecule has 1 N–H and O–H groups in total. The Kier molecular flexibility index (Phi) is 8.76. The van der Waals surface area contributed by atoms with Gasteiger partial charge in [-0.05, 0) is 74.3 Å². The Morgan fingerprint density at radius 1 is 1.10 bits per heavy atom. The van der Waals surface area contributed by atoms with Crippen LogP contribution < -0.4 is 5.32 Å². The number of hydrogen-bond acceptors (Lipinski definition) is 4. The molecule has 1 heterocycles. The van der Waals surface area contributed by atoms with Gasteiger partial charge in [-0.15, -0.1) is 0 Å². The topological polar surface area (TPSA) is 58.6 Å². The Bertz CT molecular complexity index is 894. The Balaban J connectivity index is 1.46. The van der Waals surface area contributed by atoms with Gasteiger partial charge in [0.25, 0.3) is 0 Å². The average molecular weight is 463 g/mol. The number of halogens is 2. The molecule has 3 rings (SSSR count). The number of benzene rings is 2. The first-order valence-electron chi connectivity index (χ1n) is 10.7. The molecule has 0 bridgehead atoms. The van der Waals surface area contributed by atoms with Crippen molar-refractivity contribution in [2.45, 2.75) is 39.2 Å². The van der Waals surface area contributed by atoms with Gasteiger partial charge < -0.3 is 10.1 Å². The Morgan fingerprint density at radius 2 is 1.81 bits per heavy atom. The third-order valence-electron chi connectivity index (χ3n) is 5.49. The van der Waals surface area contributed by atoms with Crippen LogP contribution in [0.1, 0.15) is 48.5 Å². The van der Waals surface area contributed by atoms with E-state index in [9.17, 15) is 9.59 Å². The van der Waals surface area contributed by atoms with Gasteiger partial charge in [0.2, 0.25) is 5.91 Å². The van der Waals surface area contributed by atoms with Crippen molar-refractivity contribution in [2.24, 2.45) is 5.92 Å². The summed E-state index contributed by atoms with van der Waals surface area (Å²) in [5.74, 6) is -0.349. The molecule has 1 fully saturated rings. The number of unbranched alkanes of at least 4 members (excludes halogenated alkanes) is 1. The normalized spacial score (nSPS) is 14.9. The van der Waals surface area contributed by atoms with E-state index < -0.39 is 0 Å². The number of anilines is 1. The van der Waals surface area contributed by atoms with Crippen LogP contribution in [-0.2, 0) is 16.1 Å². The molecule has 0 saturated carbocycles. The van der Waals surface area contributed by atoms with Crippen molar-refractivity contribution in [2.75, 3.05) is 25.0 Å². The van der Waals surface area contributed by atoms with Gasteiger partial charge in [0.15, 0.2) is 0 Å². The van der Waals surface area contributed by atoms with Gasteiger partial charge in [0.1, 0.15) is 0 Å². The van der Waals surface area contributed by atoms with Crippen LogP contribution in [0.5, 0.6) is 0 Å². The monoisotopic (exact) mass is 462 g/mol. The summed E-state index contributed by atoms with van der Waals surface area (Å²) >= 11 is 12.2. The van der Waals surface area contributed by atoms with Crippen LogP contribution in [0.25, 0.3) is 0 Å². The van der Waals surface area contributed by atoms with Crippen molar-refractivity contribution in [3.8, 4) is 0 Å². The lowest BCUT2D eigenvalue weighted by Gasteiger charge is -2.31. The fraction of sp³-hybridized carbons (Fsp3) is 0.417. The Labute approximate surface area is 193 Å². The number of likely N-dealkylation sites (tertiary alicyclic amines) is 1. The van der Waals surface area contributed by atoms with Crippen molar-refractivity contribution in [1.29, 1.82) is 0 Å². The molecule has 1 amide bonds. The largest absolute Gasteiger partial charge is 0.462 e. The molecule has 1 aliphatic heterocycles. The van der Waals surface area contributed by atoms with Crippen molar-refractivity contribution in [3.63, 3.8) is 0 Å². The van der Waals surface area contributed by atoms with Crippen LogP contribution in [0.15, 0.2) is 42.5 Å². The predicted molar refractivity (Wildman–Crippen MR) is 125 cm³/mol. The summed E-state index contributed by atoms with van der Waals surface area (Å²) in [6, 6.07) is 12.4. The summed E-state index contributed by atoms with van der Waals surface area (Å²) in [6.45, 7) is 4.89. The van der Waals surface area contributed by atoms with Crippen LogP contribution in [-0.4, -0.2) is 36.5 Å². The number of hydrogen-bond donors (Lipinski definition) is 1. The molecule has 7 heteroatoms. The molecule has 2 aromatic rings. The van der Waals surface area contributed by atoms with Gasteiger partial charge in [-0.25, -0.2) is 4.79 Å². The maximum absolute atomic E-state index is 12.7. The number of amides is 1. The van der Waals surface area contributed by atoms with E-state index in [1.165, 1.54) is 0 Å². The Morgan fingerprint density at radius 3 is 2.45 bits per heavy atom. The standard InChI is InChI=1S/C24H28Cl2N2O3/c1-2-3-14-31-24(30)18-5-8-21(9-6-18)27-23(29)17-10-12-28(13-11-17)16-19-4-7-20(25)15-22(19)26/h4-9,15,17H,2-3,10-14,16H2,1H3,(H,27,29). The van der Waals surface area contributed by atoms with Gasteiger partial charge in [-0.2, -0.15) is 0 Å². The molecular weight excluding hydrogens is 435 g/mol. The zero-order chi connectivity index (χ0) is 22.2. The fourth-order valence-electron chi connectivity index (χ4n) is 3.57. The van der Waals surface area contributed by atoms with E-state index in [4.69, 9.17) is 27.9 Å². The predicted octanol–water partition coefficient (Wildman–Crippen LogP) is 5.80. The van der Waals surface area contributed by atoms with Crippen molar-refractivity contribution < 1.29 is 14.3 Å². The molecule has 166 valence electrons. The summed E-state index contributed by atoms with van der Waals surface area (Å²) in [5, 5.41) is 4.27. The average Bonchev–Trinajstić information content (AvgIpc) is 2.77. The van der Waals surface area contributed by atoms with Crippen molar-refractivity contribution in [1.82, 2.24) is 4.90 Å². The summed E-state index contributed by atoms with van der Waals surface area (Å²) in [7, 11) is 0. The quantitative estimate of drug-likeness (QED) is 0.397. The second kappa shape index (κ2) is 11.5. The summed E-state index contributed by atoms with van der Waals surface area (Å²) < 4.78 is 5.20. The zero-order valence-corrected chi connectivity index (χ0v) is 19.2. The third kappa shape index (κ3) is 6.96. The van der Waals surface area contributed by atoms with Crippen LogP contribution in [0.3, 0.4) is 0 Å². The van der Waals surface area contributed by atoms with E-state index in [-0.39, 0.29) is 17.8 Å². The van der Waals surface area contributed by atoms with Gasteiger partial charge in [0.05, 0.1) is 12.2 Å². The number of nitrogens with one attached hydrogen (secondary N) is 1. The van der Waals surface area contributed by atoms with E-state index >= 15 is 0 Å². The second-order valence-corrected chi connectivity index (χ2v) is 8.69. The van der Waals surface area contributed by atoms with Gasteiger partial charge >= 0.3 is 5.97 Å². The van der Waals surface area contributed by atoms with Gasteiger partial charge in [-0.1, -0.05) is 42.6 Å². The second-order valence-electron chi connectivity index (χ2n) is 7.84. The molecule has 0 radical (unpaired) electrons. The Hall–Kier alpha value is -2.08. The SMILES string of the molecule is CCCCOC(=O)c1ccc(NC(=O)C2CCN(Cc3ccc(Cl)cc3Cl)CC2)cc1. The summed E-state index contributed by atoms with van der Waals surface area (Å²) in [5.41, 5.74) is 2.22. The molecule has 5 nitrogen and oxygen atoms in total. The van der Waals surface area contributed by atoms with Crippen molar-refractivity contribution in [3.05, 3.63) is 63.6 Å². The van der Waals surface area contributed by atoms with Crippen LogP contribution in [0, 0.1) is 5.92 Å². The molecule has 31 heavy (non-hydrogen) atoms. The number of carbonyl (C=O) groups excluding carboxylic acids is 2. The first-order chi connectivity index (χ1) is 15.0. The molecule has 1 saturated heterocycles. The molecule has 0 spiro atoms. The smallest absolute Gasteiger partial charge is 0.338 e. The van der Waals surface area contributed by atoms with E-state index in [0.29, 0.717) is 27.9 Å². The van der Waals surface area contributed by atoms with Crippen LogP contribution in [0.4, 0.5) is 5.69 Å². The minimum absolute atomic E-state index is 0.0162. The molecule has 1 aliphatic rings. The lowest BCUT2D eigenvalue weighted by Crippen LogP contribution is -2.37. The number of ether oxygens (including phenoxy) is 1. The molecular formula is C24H28Cl2N2O3. The number of piperidine rings is 1. The van der Waals surface area contributed by atoms with Crippen LogP contribution in [0.2, 0.25) is 10.0 Å². The summed E-state index contributed by atoms with van der Waals surface area (Å²) in [6.07, 6.45) is 3.41. The number of carbonyl (C=O) groups is 2. The van der Waals surface area contributed by atoms with E-state index in [1.54, 1.807) is 30.3 Å². The minimum Gasteiger partial charge on any atom is -0.462 e. The maximum Gasteiger partial charge on any atom is 0.338 e. The van der Waals surface area contributed by atoms with Crippen molar-refractivity contribution >= 4 is 40.8 Å². The highest BCUT2D eigenvalue weighted by molar-refractivity contribution is 6.35. The summed E-state index contributed by atoms with van der Waals surface area (Å²) in [4.78, 5) is 26.9. The molecule has 2 aromatic carbocycles. The highest BCUT2D eigenvalue weighted by atomic mass is 35.5. The van der Waals surface area contributed by atoms with Gasteiger partial charge in [-0.3, -0.25) is 9.69 Å². The first-order valence-corrected chi connectivity index (χ1v) is 11.5. The highest BCUT2D eigenvalue weighted by Crippen LogP contribution is 2.25. The number of rotatable bonds is 8. The van der Waals surface area contributed by atoms with E-state index in [0.717, 1.165) is 50.9 Å². The maximum atomic E-state index is 12.7. The lowest BCUT2D eigenvalue weighted by molar-refractivity contribution is -0.121. The number of nitrogens with zero attached hydrogens (tertiary/aromatic N) is 1. The van der Waals surface area contributed by atoms with E-state index in [1.807, 2.05) is 19.1 Å². The first kappa shape index (κ1) is 23.6. The zero-order valence-electron chi connectivity index (χ0n) is 17.7. The highest BCUT2D eigenvalue weighted by Gasteiger charge is 2.25. The minimum atomic E-state index is -0.334. The molecule has 0 atom stereocenters. The number of esters is 1. The van der Waals surface area contributed by atoms with Gasteiger partial charge in [0, 0.05) is 28.2 Å². The molecule has 0 unspecified atom stereocenters. The molecule has 0 aliphatic carbocycles. The van der Waals surface area contributed by atoms with Crippen LogP contribution >= 0.6 is 23.2 Å². The lowest BCUT2D eigenvalue weighted by atomic mass is 9.95.